The van der Waals surface area contributed by atoms with E-state index in [0.717, 1.165) is 47.5 Å². The molecule has 9 nitrogen and oxygen atoms in total. The van der Waals surface area contributed by atoms with E-state index in [0.29, 0.717) is 41.4 Å². The van der Waals surface area contributed by atoms with Crippen LogP contribution < -0.4 is 16.4 Å². The van der Waals surface area contributed by atoms with Gasteiger partial charge < -0.3 is 25.6 Å². The Morgan fingerprint density at radius 1 is 1.40 bits per heavy atom. The van der Waals surface area contributed by atoms with Crippen molar-refractivity contribution in [2.24, 2.45) is 11.7 Å². The molecule has 3 aromatic heterocycles. The predicted octanol–water partition coefficient (Wildman–Crippen LogP) is 2.83. The molecule has 162 valence electrons. The van der Waals surface area contributed by atoms with Gasteiger partial charge in [-0.1, -0.05) is 5.16 Å². The van der Waals surface area contributed by atoms with Gasteiger partial charge in [-0.2, -0.15) is 4.98 Å². The molecule has 0 spiro atoms. The number of fused-ring (bicyclic) bond motifs is 1. The third-order valence-corrected chi connectivity index (χ3v) is 6.15. The summed E-state index contributed by atoms with van der Waals surface area (Å²) in [5.41, 5.74) is 14.1. The maximum absolute atomic E-state index is 11.7. The van der Waals surface area contributed by atoms with E-state index in [9.17, 15) is 4.79 Å². The van der Waals surface area contributed by atoms with Crippen LogP contribution in [0.2, 0.25) is 0 Å². The Labute approximate surface area is 184 Å². The van der Waals surface area contributed by atoms with Gasteiger partial charge in [0.05, 0.1) is 23.4 Å². The minimum atomic E-state index is -0.518. The topological polar surface area (TPSA) is 133 Å². The van der Waals surface area contributed by atoms with Crippen molar-refractivity contribution < 1.29 is 14.1 Å². The Kier molecular flexibility index (Phi) is 6.79. The molecule has 3 aromatic rings. The van der Waals surface area contributed by atoms with Crippen LogP contribution in [0.1, 0.15) is 39.9 Å². The zero-order chi connectivity index (χ0) is 20.5. The highest BCUT2D eigenvalue weighted by Crippen LogP contribution is 2.40. The predicted molar refractivity (Wildman–Crippen MR) is 118 cm³/mol. The van der Waals surface area contributed by atoms with Crippen molar-refractivity contribution in [3.05, 3.63) is 28.4 Å². The SMILES string of the molecule is Cc1cc(N2CCC[C@H](COCc3nc(C)no3)C2)c2c(N)c(C(N)=O)sc2n1.Cl. The lowest BCUT2D eigenvalue weighted by Crippen LogP contribution is -2.37. The van der Waals surface area contributed by atoms with Gasteiger partial charge in [0.2, 0.25) is 0 Å². The van der Waals surface area contributed by atoms with Gasteiger partial charge in [0, 0.05) is 18.8 Å². The lowest BCUT2D eigenvalue weighted by Gasteiger charge is -2.34. The standard InChI is InChI=1S/C19H24N6O3S.ClH/c1-10-6-13(15-16(20)17(18(21)26)29-19(15)22-10)25-5-3-4-12(7-25)8-27-9-14-23-11(2)24-28-14;/h6,12H,3-5,7-9,20H2,1-2H3,(H2,21,26);1H/t12-;/m0./s1. The molecule has 1 amide bonds. The van der Waals surface area contributed by atoms with Crippen LogP contribution in [-0.4, -0.2) is 40.7 Å². The van der Waals surface area contributed by atoms with E-state index in [1.165, 1.54) is 11.3 Å². The molecular weight excluding hydrogens is 428 g/mol. The summed E-state index contributed by atoms with van der Waals surface area (Å²) in [6, 6.07) is 2.03. The second-order valence-corrected chi connectivity index (χ2v) is 8.38. The molecular formula is C19H25ClN6O3S. The number of halogens is 1. The molecule has 0 radical (unpaired) electrons. The summed E-state index contributed by atoms with van der Waals surface area (Å²) in [5.74, 6) is 0.946. The van der Waals surface area contributed by atoms with E-state index >= 15 is 0 Å². The molecule has 0 unspecified atom stereocenters. The van der Waals surface area contributed by atoms with Crippen molar-refractivity contribution in [1.29, 1.82) is 0 Å². The molecule has 1 fully saturated rings. The minimum absolute atomic E-state index is 0. The van der Waals surface area contributed by atoms with E-state index in [2.05, 4.69) is 20.0 Å². The fraction of sp³-hybridized carbons (Fsp3) is 0.474. The largest absolute Gasteiger partial charge is 0.397 e. The number of thiophene rings is 1. The van der Waals surface area contributed by atoms with Crippen LogP contribution in [0.4, 0.5) is 11.4 Å². The molecule has 0 aromatic carbocycles. The normalized spacial score (nSPS) is 16.6. The Balaban J connectivity index is 0.00000256. The van der Waals surface area contributed by atoms with Gasteiger partial charge in [0.25, 0.3) is 11.8 Å². The summed E-state index contributed by atoms with van der Waals surface area (Å²) in [5, 5.41) is 4.59. The molecule has 1 atom stereocenters. The van der Waals surface area contributed by atoms with E-state index < -0.39 is 5.91 Å². The van der Waals surface area contributed by atoms with Gasteiger partial charge in [-0.25, -0.2) is 4.98 Å². The number of aromatic nitrogens is 3. The van der Waals surface area contributed by atoms with Crippen LogP contribution in [0.15, 0.2) is 10.6 Å². The monoisotopic (exact) mass is 452 g/mol. The first-order valence-electron chi connectivity index (χ1n) is 9.53. The van der Waals surface area contributed by atoms with Crippen LogP contribution in [-0.2, 0) is 11.3 Å². The number of ether oxygens (including phenoxy) is 1. The first kappa shape index (κ1) is 22.3. The average Bonchev–Trinajstić information content (AvgIpc) is 3.24. The highest BCUT2D eigenvalue weighted by atomic mass is 35.5. The van der Waals surface area contributed by atoms with Crippen molar-refractivity contribution in [3.8, 4) is 0 Å². The average molecular weight is 453 g/mol. The number of nitrogen functional groups attached to an aromatic ring is 1. The number of amides is 1. The fourth-order valence-corrected chi connectivity index (χ4v) is 4.80. The van der Waals surface area contributed by atoms with Gasteiger partial charge in [0.1, 0.15) is 16.3 Å². The molecule has 4 N–H and O–H groups in total. The zero-order valence-electron chi connectivity index (χ0n) is 16.9. The van der Waals surface area contributed by atoms with Gasteiger partial charge in [-0.3, -0.25) is 4.79 Å². The molecule has 30 heavy (non-hydrogen) atoms. The fourth-order valence-electron chi connectivity index (χ4n) is 3.78. The molecule has 1 aliphatic heterocycles. The van der Waals surface area contributed by atoms with E-state index in [1.54, 1.807) is 6.92 Å². The molecule has 4 rings (SSSR count). The first-order valence-corrected chi connectivity index (χ1v) is 10.4. The molecule has 0 saturated carbocycles. The van der Waals surface area contributed by atoms with Crippen LogP contribution >= 0.6 is 23.7 Å². The first-order chi connectivity index (χ1) is 13.9. The number of nitrogens with zero attached hydrogens (tertiary/aromatic N) is 4. The summed E-state index contributed by atoms with van der Waals surface area (Å²) in [4.78, 5) is 23.9. The number of anilines is 2. The number of primary amides is 1. The molecule has 0 bridgehead atoms. The third kappa shape index (κ3) is 4.50. The summed E-state index contributed by atoms with van der Waals surface area (Å²) >= 11 is 1.25. The molecule has 1 saturated heterocycles. The highest BCUT2D eigenvalue weighted by molar-refractivity contribution is 7.21. The number of carbonyl (C=O) groups is 1. The number of aryl methyl sites for hydroxylation is 2. The number of piperidine rings is 1. The van der Waals surface area contributed by atoms with Gasteiger partial charge in [-0.15, -0.1) is 23.7 Å². The van der Waals surface area contributed by atoms with Gasteiger partial charge in [0.15, 0.2) is 5.82 Å². The number of carbonyl (C=O) groups excluding carboxylic acids is 1. The Hall–Kier alpha value is -2.43. The van der Waals surface area contributed by atoms with Crippen molar-refractivity contribution in [3.63, 3.8) is 0 Å². The Morgan fingerprint density at radius 2 is 2.20 bits per heavy atom. The van der Waals surface area contributed by atoms with Crippen molar-refractivity contribution >= 4 is 51.2 Å². The summed E-state index contributed by atoms with van der Waals surface area (Å²) < 4.78 is 10.9. The Morgan fingerprint density at radius 3 is 2.90 bits per heavy atom. The number of nitrogens with two attached hydrogens (primary N) is 2. The second kappa shape index (κ2) is 9.15. The second-order valence-electron chi connectivity index (χ2n) is 7.38. The maximum Gasteiger partial charge on any atom is 0.260 e. The summed E-state index contributed by atoms with van der Waals surface area (Å²) in [7, 11) is 0. The third-order valence-electron chi connectivity index (χ3n) is 5.04. The van der Waals surface area contributed by atoms with Crippen LogP contribution in [0, 0.1) is 19.8 Å². The van der Waals surface area contributed by atoms with Crippen LogP contribution in [0.3, 0.4) is 0 Å². The lowest BCUT2D eigenvalue weighted by atomic mass is 9.98. The maximum atomic E-state index is 11.7. The molecule has 0 aliphatic carbocycles. The highest BCUT2D eigenvalue weighted by Gasteiger charge is 2.25. The van der Waals surface area contributed by atoms with Gasteiger partial charge in [-0.05, 0) is 38.7 Å². The minimum Gasteiger partial charge on any atom is -0.397 e. The number of pyridine rings is 1. The number of hydrogen-bond acceptors (Lipinski definition) is 9. The van der Waals surface area contributed by atoms with Crippen molar-refractivity contribution in [2.45, 2.75) is 33.3 Å². The van der Waals surface area contributed by atoms with Crippen LogP contribution in [0.25, 0.3) is 10.2 Å². The van der Waals surface area contributed by atoms with E-state index in [4.69, 9.17) is 20.7 Å². The number of hydrogen-bond donors (Lipinski definition) is 2. The lowest BCUT2D eigenvalue weighted by molar-refractivity contribution is 0.0647. The van der Waals surface area contributed by atoms with Crippen LogP contribution in [0.5, 0.6) is 0 Å². The van der Waals surface area contributed by atoms with E-state index in [1.807, 2.05) is 13.0 Å². The molecule has 1 aliphatic rings. The zero-order valence-corrected chi connectivity index (χ0v) is 18.5. The number of rotatable bonds is 6. The molecule has 11 heteroatoms. The van der Waals surface area contributed by atoms with E-state index in [-0.39, 0.29) is 12.4 Å². The van der Waals surface area contributed by atoms with Crippen molar-refractivity contribution in [1.82, 2.24) is 15.1 Å². The smallest absolute Gasteiger partial charge is 0.260 e. The summed E-state index contributed by atoms with van der Waals surface area (Å²) in [6.45, 7) is 6.40. The summed E-state index contributed by atoms with van der Waals surface area (Å²) in [6.07, 6.45) is 2.13. The molecule has 4 heterocycles. The van der Waals surface area contributed by atoms with Crippen molar-refractivity contribution in [2.75, 3.05) is 30.3 Å². The Bertz CT molecular complexity index is 1050. The quantitative estimate of drug-likeness (QED) is 0.583. The van der Waals surface area contributed by atoms with Gasteiger partial charge >= 0.3 is 0 Å².